The molecule has 2 amide bonds. The Morgan fingerprint density at radius 1 is 1.26 bits per heavy atom. The fraction of sp³-hybridized carbons (Fsp3) is 0.350. The minimum atomic E-state index is -0.269. The molecule has 0 unspecified atom stereocenters. The zero-order valence-electron chi connectivity index (χ0n) is 14.7. The average molecular weight is 444 g/mol. The number of thiophene rings is 1. The zero-order chi connectivity index (χ0) is 19.0. The largest absolute Gasteiger partial charge is 0.315 e. The third-order valence-corrected chi connectivity index (χ3v) is 6.78. The van der Waals surface area contributed by atoms with Crippen molar-refractivity contribution in [3.8, 4) is 6.07 Å². The van der Waals surface area contributed by atoms with E-state index in [0.717, 1.165) is 47.0 Å². The van der Waals surface area contributed by atoms with Crippen molar-refractivity contribution in [3.63, 3.8) is 0 Å². The van der Waals surface area contributed by atoms with Crippen LogP contribution in [0.1, 0.15) is 40.8 Å². The number of fused-ring (bicyclic) bond motifs is 2. The highest BCUT2D eigenvalue weighted by Crippen LogP contribution is 2.37. The van der Waals surface area contributed by atoms with Gasteiger partial charge in [-0.25, -0.2) is 0 Å². The summed E-state index contributed by atoms with van der Waals surface area (Å²) in [5.74, 6) is -0.319. The second-order valence-electron chi connectivity index (χ2n) is 6.83. The lowest BCUT2D eigenvalue weighted by Gasteiger charge is -2.29. The van der Waals surface area contributed by atoms with Crippen LogP contribution in [-0.2, 0) is 28.9 Å². The smallest absolute Gasteiger partial charge is 0.245 e. The molecule has 1 aromatic heterocycles. The first-order valence-corrected chi connectivity index (χ1v) is 10.6. The lowest BCUT2D eigenvalue weighted by molar-refractivity contribution is -0.121. The van der Waals surface area contributed by atoms with Gasteiger partial charge in [0, 0.05) is 21.5 Å². The molecule has 0 saturated heterocycles. The van der Waals surface area contributed by atoms with Gasteiger partial charge in [-0.2, -0.15) is 5.26 Å². The van der Waals surface area contributed by atoms with Crippen LogP contribution >= 0.6 is 27.3 Å². The number of carbonyl (C=O) groups excluding carboxylic acids is 2. The number of nitrogens with zero attached hydrogens (tertiary/aromatic N) is 2. The number of hydrogen-bond donors (Lipinski definition) is 1. The van der Waals surface area contributed by atoms with Gasteiger partial charge < -0.3 is 10.2 Å². The van der Waals surface area contributed by atoms with E-state index in [2.05, 4.69) is 27.3 Å². The van der Waals surface area contributed by atoms with E-state index in [1.54, 1.807) is 4.90 Å². The first-order chi connectivity index (χ1) is 13.1. The molecule has 138 valence electrons. The monoisotopic (exact) mass is 443 g/mol. The van der Waals surface area contributed by atoms with E-state index in [0.29, 0.717) is 23.4 Å². The second kappa shape index (κ2) is 7.45. The average Bonchev–Trinajstić information content (AvgIpc) is 3.00. The molecule has 1 aromatic carbocycles. The maximum absolute atomic E-state index is 12.7. The van der Waals surface area contributed by atoms with Gasteiger partial charge in [-0.3, -0.25) is 9.59 Å². The first-order valence-electron chi connectivity index (χ1n) is 9.00. The normalized spacial score (nSPS) is 15.7. The quantitative estimate of drug-likeness (QED) is 0.772. The summed E-state index contributed by atoms with van der Waals surface area (Å²) in [5.41, 5.74) is 3.53. The fourth-order valence-corrected chi connectivity index (χ4v) is 5.45. The van der Waals surface area contributed by atoms with E-state index in [9.17, 15) is 14.9 Å². The Morgan fingerprint density at radius 2 is 2.07 bits per heavy atom. The van der Waals surface area contributed by atoms with Gasteiger partial charge in [0.05, 0.1) is 5.56 Å². The number of anilines is 2. The van der Waals surface area contributed by atoms with E-state index in [1.165, 1.54) is 16.2 Å². The molecule has 5 nitrogen and oxygen atoms in total. The van der Waals surface area contributed by atoms with Crippen LogP contribution in [0.2, 0.25) is 0 Å². The summed E-state index contributed by atoms with van der Waals surface area (Å²) < 4.78 is 0.961. The number of halogens is 1. The van der Waals surface area contributed by atoms with Gasteiger partial charge in [0.1, 0.15) is 17.6 Å². The van der Waals surface area contributed by atoms with Crippen LogP contribution < -0.4 is 10.2 Å². The second-order valence-corrected chi connectivity index (χ2v) is 8.85. The van der Waals surface area contributed by atoms with Crippen LogP contribution in [0, 0.1) is 11.3 Å². The molecule has 0 atom stereocenters. The molecule has 1 aliphatic carbocycles. The summed E-state index contributed by atoms with van der Waals surface area (Å²) in [7, 11) is 0. The number of nitriles is 1. The van der Waals surface area contributed by atoms with Crippen molar-refractivity contribution < 1.29 is 9.59 Å². The number of amides is 2. The molecular weight excluding hydrogens is 426 g/mol. The minimum Gasteiger partial charge on any atom is -0.315 e. The Kier molecular flexibility index (Phi) is 5.02. The van der Waals surface area contributed by atoms with E-state index >= 15 is 0 Å². The first kappa shape index (κ1) is 18.2. The van der Waals surface area contributed by atoms with Gasteiger partial charge in [-0.15, -0.1) is 11.3 Å². The highest BCUT2D eigenvalue weighted by molar-refractivity contribution is 9.10. The van der Waals surface area contributed by atoms with Crippen LogP contribution in [0.25, 0.3) is 0 Å². The summed E-state index contributed by atoms with van der Waals surface area (Å²) >= 11 is 4.95. The molecule has 27 heavy (non-hydrogen) atoms. The number of nitrogens with one attached hydrogen (secondary N) is 1. The van der Waals surface area contributed by atoms with Crippen molar-refractivity contribution in [1.82, 2.24) is 0 Å². The molecule has 4 rings (SSSR count). The molecule has 0 fully saturated rings. The van der Waals surface area contributed by atoms with Crippen molar-refractivity contribution in [1.29, 1.82) is 5.26 Å². The zero-order valence-corrected chi connectivity index (χ0v) is 17.1. The van der Waals surface area contributed by atoms with Crippen LogP contribution in [0.4, 0.5) is 10.7 Å². The molecule has 0 radical (unpaired) electrons. The lowest BCUT2D eigenvalue weighted by atomic mass is 9.96. The summed E-state index contributed by atoms with van der Waals surface area (Å²) in [6, 6.07) is 7.99. The van der Waals surface area contributed by atoms with Gasteiger partial charge >= 0.3 is 0 Å². The van der Waals surface area contributed by atoms with E-state index < -0.39 is 0 Å². The van der Waals surface area contributed by atoms with Gasteiger partial charge in [0.2, 0.25) is 11.8 Å². The molecule has 0 saturated carbocycles. The SMILES string of the molecule is N#Cc1c(NC(=O)CN2C(=O)CCc3cc(Br)ccc32)sc2c1CCCC2. The Balaban J connectivity index is 1.55. The maximum Gasteiger partial charge on any atom is 0.245 e. The van der Waals surface area contributed by atoms with E-state index in [4.69, 9.17) is 0 Å². The molecule has 2 aliphatic rings. The predicted octanol–water partition coefficient (Wildman–Crippen LogP) is 4.18. The number of aryl methyl sites for hydroxylation is 2. The molecule has 1 N–H and O–H groups in total. The van der Waals surface area contributed by atoms with Crippen molar-refractivity contribution in [2.24, 2.45) is 0 Å². The van der Waals surface area contributed by atoms with Crippen molar-refractivity contribution in [2.75, 3.05) is 16.8 Å². The Labute approximate surface area is 170 Å². The van der Waals surface area contributed by atoms with Gasteiger partial charge in [-0.1, -0.05) is 15.9 Å². The van der Waals surface area contributed by atoms with Crippen LogP contribution in [0.5, 0.6) is 0 Å². The van der Waals surface area contributed by atoms with Gasteiger partial charge in [0.25, 0.3) is 0 Å². The lowest BCUT2D eigenvalue weighted by Crippen LogP contribution is -2.40. The molecule has 0 spiro atoms. The summed E-state index contributed by atoms with van der Waals surface area (Å²) in [5, 5.41) is 13.0. The van der Waals surface area contributed by atoms with E-state index in [-0.39, 0.29) is 18.4 Å². The number of benzene rings is 1. The third kappa shape index (κ3) is 3.52. The summed E-state index contributed by atoms with van der Waals surface area (Å²) in [4.78, 5) is 27.8. The number of hydrogen-bond acceptors (Lipinski definition) is 4. The third-order valence-electron chi connectivity index (χ3n) is 5.08. The standard InChI is InChI=1S/C20H18BrN3O2S/c21-13-6-7-16-12(9-13)5-8-19(26)24(16)11-18(25)23-20-15(10-22)14-3-1-2-4-17(14)27-20/h6-7,9H,1-5,8,11H2,(H,23,25). The summed E-state index contributed by atoms with van der Waals surface area (Å²) in [6.45, 7) is -0.0408. The molecule has 2 heterocycles. The van der Waals surface area contributed by atoms with E-state index in [1.807, 2.05) is 18.2 Å². The Bertz CT molecular complexity index is 976. The predicted molar refractivity (Wildman–Crippen MR) is 109 cm³/mol. The van der Waals surface area contributed by atoms with Crippen molar-refractivity contribution in [3.05, 3.63) is 44.2 Å². The van der Waals surface area contributed by atoms with Crippen molar-refractivity contribution >= 4 is 49.8 Å². The number of carbonyl (C=O) groups is 2. The Morgan fingerprint density at radius 3 is 2.89 bits per heavy atom. The maximum atomic E-state index is 12.7. The molecule has 0 bridgehead atoms. The highest BCUT2D eigenvalue weighted by atomic mass is 79.9. The molecule has 1 aliphatic heterocycles. The highest BCUT2D eigenvalue weighted by Gasteiger charge is 2.27. The summed E-state index contributed by atoms with van der Waals surface area (Å²) in [6.07, 6.45) is 5.16. The minimum absolute atomic E-state index is 0.0408. The van der Waals surface area contributed by atoms with Crippen LogP contribution in [0.3, 0.4) is 0 Å². The number of rotatable bonds is 3. The van der Waals surface area contributed by atoms with Crippen LogP contribution in [0.15, 0.2) is 22.7 Å². The van der Waals surface area contributed by atoms with Gasteiger partial charge in [0.15, 0.2) is 0 Å². The topological polar surface area (TPSA) is 73.2 Å². The Hall–Kier alpha value is -2.17. The molecular formula is C20H18BrN3O2S. The van der Waals surface area contributed by atoms with Crippen LogP contribution in [-0.4, -0.2) is 18.4 Å². The van der Waals surface area contributed by atoms with Crippen molar-refractivity contribution in [2.45, 2.75) is 38.5 Å². The molecule has 2 aromatic rings. The fourth-order valence-electron chi connectivity index (χ4n) is 3.78. The molecule has 7 heteroatoms. The van der Waals surface area contributed by atoms with Gasteiger partial charge in [-0.05, 0) is 61.4 Å².